The number of hydrogen-bond donors (Lipinski definition) is 0. The lowest BCUT2D eigenvalue weighted by molar-refractivity contribution is 0.0961. The molecule has 3 nitrogen and oxygen atoms in total. The van der Waals surface area contributed by atoms with Crippen molar-refractivity contribution in [2.75, 3.05) is 13.2 Å². The summed E-state index contributed by atoms with van der Waals surface area (Å²) in [6.45, 7) is 0.779. The number of thiophene rings is 1. The summed E-state index contributed by atoms with van der Waals surface area (Å²) in [6.07, 6.45) is 0.897. The average molecular weight is 260 g/mol. The normalized spacial score (nSPS) is 13.2. The number of ketones is 1. The highest BCUT2D eigenvalue weighted by Gasteiger charge is 2.21. The van der Waals surface area contributed by atoms with Crippen LogP contribution in [0.15, 0.2) is 35.7 Å². The van der Waals surface area contributed by atoms with Gasteiger partial charge in [0.2, 0.25) is 5.78 Å². The van der Waals surface area contributed by atoms with E-state index in [1.165, 1.54) is 4.88 Å². The zero-order valence-corrected chi connectivity index (χ0v) is 10.5. The van der Waals surface area contributed by atoms with E-state index in [4.69, 9.17) is 9.47 Å². The second-order valence-electron chi connectivity index (χ2n) is 4.05. The Kier molecular flexibility index (Phi) is 3.02. The first-order chi connectivity index (χ1) is 8.83. The molecule has 1 aromatic heterocycles. The van der Waals surface area contributed by atoms with Crippen molar-refractivity contribution in [2.45, 2.75) is 6.42 Å². The molecule has 0 atom stereocenters. The molecule has 0 aliphatic carbocycles. The summed E-state index contributed by atoms with van der Waals surface area (Å²) in [5.74, 6) is 1.42. The van der Waals surface area contributed by atoms with Crippen molar-refractivity contribution in [3.8, 4) is 11.5 Å². The number of rotatable bonds is 4. The van der Waals surface area contributed by atoms with Crippen molar-refractivity contribution >= 4 is 17.1 Å². The zero-order valence-electron chi connectivity index (χ0n) is 9.72. The summed E-state index contributed by atoms with van der Waals surface area (Å²) in [5.41, 5.74) is 0.653. The number of Topliss-reactive ketones (excluding diaryl/α,β-unsaturated/α-hetero) is 1. The Morgan fingerprint density at radius 1 is 1.33 bits per heavy atom. The number of carbonyl (C=O) groups excluding carboxylic acids is 1. The third-order valence-corrected chi connectivity index (χ3v) is 3.75. The van der Waals surface area contributed by atoms with Crippen LogP contribution in [0.4, 0.5) is 0 Å². The maximum absolute atomic E-state index is 11.4. The minimum Gasteiger partial charge on any atom is -0.493 e. The standard InChI is InChI=1S/C14H12O3S/c15-13-9-17-14-8-10(3-4-12(13)14)16-6-5-11-2-1-7-18-11/h1-4,7-8H,5-6,9H2. The summed E-state index contributed by atoms with van der Waals surface area (Å²) in [7, 11) is 0. The Labute approximate surface area is 109 Å². The van der Waals surface area contributed by atoms with E-state index in [0.29, 0.717) is 17.9 Å². The number of ether oxygens (including phenoxy) is 2. The Morgan fingerprint density at radius 3 is 3.11 bits per heavy atom. The number of carbonyl (C=O) groups is 1. The highest BCUT2D eigenvalue weighted by atomic mass is 32.1. The predicted octanol–water partition coefficient (Wildman–Crippen LogP) is 2.94. The predicted molar refractivity (Wildman–Crippen MR) is 69.8 cm³/mol. The van der Waals surface area contributed by atoms with Gasteiger partial charge in [0.1, 0.15) is 11.5 Å². The summed E-state index contributed by atoms with van der Waals surface area (Å²) in [6, 6.07) is 9.51. The minimum absolute atomic E-state index is 0.0372. The van der Waals surface area contributed by atoms with Crippen molar-refractivity contribution in [1.82, 2.24) is 0 Å². The molecule has 0 saturated heterocycles. The van der Waals surface area contributed by atoms with Crippen LogP contribution >= 0.6 is 11.3 Å². The summed E-state index contributed by atoms with van der Waals surface area (Å²) in [4.78, 5) is 12.7. The molecule has 0 radical (unpaired) electrons. The molecular weight excluding hydrogens is 248 g/mol. The van der Waals surface area contributed by atoms with Gasteiger partial charge >= 0.3 is 0 Å². The van der Waals surface area contributed by atoms with E-state index in [0.717, 1.165) is 12.2 Å². The van der Waals surface area contributed by atoms with Gasteiger partial charge in [-0.2, -0.15) is 0 Å². The fraction of sp³-hybridized carbons (Fsp3) is 0.214. The molecule has 2 aromatic rings. The van der Waals surface area contributed by atoms with Gasteiger partial charge in [-0.25, -0.2) is 0 Å². The summed E-state index contributed by atoms with van der Waals surface area (Å²) in [5, 5.41) is 2.06. The van der Waals surface area contributed by atoms with E-state index in [2.05, 4.69) is 11.4 Å². The van der Waals surface area contributed by atoms with Gasteiger partial charge in [-0.1, -0.05) is 6.07 Å². The van der Waals surface area contributed by atoms with Crippen LogP contribution in [-0.2, 0) is 6.42 Å². The molecule has 0 amide bonds. The second kappa shape index (κ2) is 4.82. The largest absolute Gasteiger partial charge is 0.493 e. The highest BCUT2D eigenvalue weighted by Crippen LogP contribution is 2.29. The van der Waals surface area contributed by atoms with Crippen LogP contribution < -0.4 is 9.47 Å². The fourth-order valence-corrected chi connectivity index (χ4v) is 2.58. The van der Waals surface area contributed by atoms with Crippen LogP contribution in [0.2, 0.25) is 0 Å². The van der Waals surface area contributed by atoms with Gasteiger partial charge in [0.05, 0.1) is 12.2 Å². The molecule has 0 saturated carbocycles. The van der Waals surface area contributed by atoms with Gasteiger partial charge in [0.15, 0.2) is 6.61 Å². The summed E-state index contributed by atoms with van der Waals surface area (Å²) < 4.78 is 10.9. The first-order valence-corrected chi connectivity index (χ1v) is 6.66. The van der Waals surface area contributed by atoms with Crippen molar-refractivity contribution in [3.63, 3.8) is 0 Å². The van der Waals surface area contributed by atoms with Crippen LogP contribution in [0.1, 0.15) is 15.2 Å². The molecule has 1 aliphatic rings. The van der Waals surface area contributed by atoms with Gasteiger partial charge in [-0.3, -0.25) is 4.79 Å². The summed E-state index contributed by atoms with van der Waals surface area (Å²) >= 11 is 1.73. The zero-order chi connectivity index (χ0) is 12.4. The average Bonchev–Trinajstić information content (AvgIpc) is 3.00. The van der Waals surface area contributed by atoms with Crippen molar-refractivity contribution < 1.29 is 14.3 Å². The van der Waals surface area contributed by atoms with E-state index in [-0.39, 0.29) is 12.4 Å². The Bertz CT molecular complexity index is 560. The molecule has 0 bridgehead atoms. The molecule has 18 heavy (non-hydrogen) atoms. The second-order valence-corrected chi connectivity index (χ2v) is 5.08. The maximum Gasteiger partial charge on any atom is 0.203 e. The van der Waals surface area contributed by atoms with E-state index in [1.54, 1.807) is 23.5 Å². The molecule has 0 spiro atoms. The molecule has 3 rings (SSSR count). The maximum atomic E-state index is 11.4. The van der Waals surface area contributed by atoms with Gasteiger partial charge in [0, 0.05) is 17.4 Å². The molecule has 0 fully saturated rings. The lowest BCUT2D eigenvalue weighted by Crippen LogP contribution is -2.00. The highest BCUT2D eigenvalue weighted by molar-refractivity contribution is 7.09. The lowest BCUT2D eigenvalue weighted by atomic mass is 10.1. The first kappa shape index (κ1) is 11.3. The van der Waals surface area contributed by atoms with E-state index in [1.807, 2.05) is 12.1 Å². The Hall–Kier alpha value is -1.81. The Morgan fingerprint density at radius 2 is 2.28 bits per heavy atom. The van der Waals surface area contributed by atoms with E-state index >= 15 is 0 Å². The quantitative estimate of drug-likeness (QED) is 0.848. The van der Waals surface area contributed by atoms with Gasteiger partial charge in [-0.05, 0) is 23.6 Å². The minimum atomic E-state index is 0.0372. The van der Waals surface area contributed by atoms with E-state index < -0.39 is 0 Å². The molecule has 92 valence electrons. The van der Waals surface area contributed by atoms with Crippen molar-refractivity contribution in [1.29, 1.82) is 0 Å². The molecule has 1 aliphatic heterocycles. The van der Waals surface area contributed by atoms with Crippen LogP contribution in [-0.4, -0.2) is 19.0 Å². The van der Waals surface area contributed by atoms with Crippen LogP contribution in [0.5, 0.6) is 11.5 Å². The molecule has 0 N–H and O–H groups in total. The van der Waals surface area contributed by atoms with Crippen molar-refractivity contribution in [2.24, 2.45) is 0 Å². The van der Waals surface area contributed by atoms with Crippen LogP contribution in [0, 0.1) is 0 Å². The van der Waals surface area contributed by atoms with Crippen molar-refractivity contribution in [3.05, 3.63) is 46.2 Å². The number of hydrogen-bond acceptors (Lipinski definition) is 4. The molecule has 4 heteroatoms. The van der Waals surface area contributed by atoms with Gasteiger partial charge < -0.3 is 9.47 Å². The first-order valence-electron chi connectivity index (χ1n) is 5.78. The molecular formula is C14H12O3S. The Balaban J connectivity index is 1.62. The molecule has 1 aromatic carbocycles. The monoisotopic (exact) mass is 260 g/mol. The lowest BCUT2D eigenvalue weighted by Gasteiger charge is -2.06. The third kappa shape index (κ3) is 2.24. The van der Waals surface area contributed by atoms with Gasteiger partial charge in [-0.15, -0.1) is 11.3 Å². The SMILES string of the molecule is O=C1COc2cc(OCCc3cccs3)ccc21. The topological polar surface area (TPSA) is 35.5 Å². The van der Waals surface area contributed by atoms with Crippen LogP contribution in [0.25, 0.3) is 0 Å². The van der Waals surface area contributed by atoms with E-state index in [9.17, 15) is 4.79 Å². The fourth-order valence-electron chi connectivity index (χ4n) is 1.89. The molecule has 2 heterocycles. The smallest absolute Gasteiger partial charge is 0.203 e. The van der Waals surface area contributed by atoms with Gasteiger partial charge in [0.25, 0.3) is 0 Å². The van der Waals surface area contributed by atoms with Crippen LogP contribution in [0.3, 0.4) is 0 Å². The number of fused-ring (bicyclic) bond motifs is 1. The number of benzene rings is 1. The molecule has 0 unspecified atom stereocenters. The third-order valence-electron chi connectivity index (χ3n) is 2.81.